The molecule has 176 valence electrons. The summed E-state index contributed by atoms with van der Waals surface area (Å²) in [6, 6.07) is 12.6. The summed E-state index contributed by atoms with van der Waals surface area (Å²) in [6.07, 6.45) is 3.59. The van der Waals surface area contributed by atoms with E-state index >= 15 is 0 Å². The van der Waals surface area contributed by atoms with Crippen molar-refractivity contribution >= 4 is 23.2 Å². The summed E-state index contributed by atoms with van der Waals surface area (Å²) in [7, 11) is 1.91. The van der Waals surface area contributed by atoms with Gasteiger partial charge in [0.25, 0.3) is 5.88 Å². The number of fused-ring (bicyclic) bond motifs is 1. The van der Waals surface area contributed by atoms with Gasteiger partial charge in [-0.2, -0.15) is 9.97 Å². The highest BCUT2D eigenvalue weighted by atomic mass is 16.5. The molecule has 1 amide bonds. The van der Waals surface area contributed by atoms with Crippen molar-refractivity contribution in [2.24, 2.45) is 12.8 Å². The zero-order valence-electron chi connectivity index (χ0n) is 19.0. The Morgan fingerprint density at radius 1 is 1.17 bits per heavy atom. The lowest BCUT2D eigenvalue weighted by Gasteiger charge is -2.21. The number of anilines is 2. The van der Waals surface area contributed by atoms with Gasteiger partial charge in [0.1, 0.15) is 28.8 Å². The summed E-state index contributed by atoms with van der Waals surface area (Å²) in [4.78, 5) is 25.2. The summed E-state index contributed by atoms with van der Waals surface area (Å²) in [5, 5.41) is 13.4. The van der Waals surface area contributed by atoms with Crippen LogP contribution in [0.3, 0.4) is 0 Å². The Morgan fingerprint density at radius 3 is 2.80 bits per heavy atom. The van der Waals surface area contributed by atoms with E-state index in [2.05, 4.69) is 25.6 Å². The predicted octanol–water partition coefficient (Wildman–Crippen LogP) is 3.42. The Balaban J connectivity index is 1.52. The Hall–Kier alpha value is -4.93. The third-order valence-electron chi connectivity index (χ3n) is 5.36. The second-order valence-corrected chi connectivity index (χ2v) is 7.92. The van der Waals surface area contributed by atoms with Crippen molar-refractivity contribution in [3.05, 3.63) is 66.0 Å². The molecule has 3 heterocycles. The Labute approximate surface area is 200 Å². The minimum Gasteiger partial charge on any atom is -0.437 e. The highest BCUT2D eigenvalue weighted by Crippen LogP contribution is 2.38. The van der Waals surface area contributed by atoms with E-state index in [4.69, 9.17) is 20.6 Å². The molecule has 11 heteroatoms. The van der Waals surface area contributed by atoms with Crippen molar-refractivity contribution in [2.45, 2.75) is 6.92 Å². The fourth-order valence-electron chi connectivity index (χ4n) is 3.56. The molecule has 4 aromatic rings. The zero-order chi connectivity index (χ0) is 24.5. The Kier molecular flexibility index (Phi) is 5.49. The number of amidine groups is 1. The van der Waals surface area contributed by atoms with E-state index in [0.717, 1.165) is 17.0 Å². The minimum absolute atomic E-state index is 0.0276. The van der Waals surface area contributed by atoms with E-state index < -0.39 is 0 Å². The molecular weight excluding hydrogens is 448 g/mol. The highest BCUT2D eigenvalue weighted by molar-refractivity contribution is 6.01. The summed E-state index contributed by atoms with van der Waals surface area (Å²) >= 11 is 0. The first-order chi connectivity index (χ1) is 16.9. The molecule has 0 bridgehead atoms. The van der Waals surface area contributed by atoms with Crippen LogP contribution in [-0.2, 0) is 11.8 Å². The predicted molar refractivity (Wildman–Crippen MR) is 130 cm³/mol. The molecule has 0 saturated heterocycles. The molecule has 0 aliphatic carbocycles. The Morgan fingerprint density at radius 2 is 2.03 bits per heavy atom. The number of benzene rings is 2. The fraction of sp³-hybridized carbons (Fsp3) is 0.125. The van der Waals surface area contributed by atoms with Crippen LogP contribution in [0.15, 0.2) is 54.9 Å². The third-order valence-corrected chi connectivity index (χ3v) is 5.36. The molecule has 0 saturated carbocycles. The summed E-state index contributed by atoms with van der Waals surface area (Å²) in [6.45, 7) is 1.90. The number of aryl methyl sites for hydroxylation is 2. The molecule has 1 aliphatic rings. The van der Waals surface area contributed by atoms with Crippen LogP contribution in [0.25, 0.3) is 11.4 Å². The quantitative estimate of drug-likeness (QED) is 0.247. The molecule has 0 radical (unpaired) electrons. The maximum Gasteiger partial charge on any atom is 0.327 e. The van der Waals surface area contributed by atoms with Gasteiger partial charge in [0.15, 0.2) is 5.82 Å². The number of hydrogen-bond acceptors (Lipinski definition) is 8. The molecule has 5 rings (SSSR count). The lowest BCUT2D eigenvalue weighted by Crippen LogP contribution is -2.28. The van der Waals surface area contributed by atoms with Gasteiger partial charge in [-0.05, 0) is 30.7 Å². The third kappa shape index (κ3) is 4.47. The second-order valence-electron chi connectivity index (χ2n) is 7.92. The fourth-order valence-corrected chi connectivity index (χ4v) is 3.56. The van der Waals surface area contributed by atoms with E-state index in [9.17, 15) is 4.79 Å². The minimum atomic E-state index is -0.253. The van der Waals surface area contributed by atoms with Crippen LogP contribution in [0, 0.1) is 12.3 Å². The first-order valence-electron chi connectivity index (χ1n) is 10.7. The van der Waals surface area contributed by atoms with E-state index in [0.29, 0.717) is 28.6 Å². The van der Waals surface area contributed by atoms with Gasteiger partial charge in [0, 0.05) is 30.6 Å². The lowest BCUT2D eigenvalue weighted by atomic mass is 10.1. The topological polar surface area (TPSA) is 153 Å². The molecular formula is C24H22N8O3. The number of hydrogen-bond donors (Lipinski definition) is 4. The highest BCUT2D eigenvalue weighted by Gasteiger charge is 2.24. The van der Waals surface area contributed by atoms with E-state index in [1.165, 1.54) is 0 Å². The lowest BCUT2D eigenvalue weighted by molar-refractivity contribution is -0.114. The van der Waals surface area contributed by atoms with Crippen LogP contribution >= 0.6 is 0 Å². The number of nitrogens with one attached hydrogen (secondary N) is 3. The molecule has 0 fully saturated rings. The molecule has 5 N–H and O–H groups in total. The van der Waals surface area contributed by atoms with Gasteiger partial charge in [-0.25, -0.2) is 4.98 Å². The molecule has 1 aliphatic heterocycles. The van der Waals surface area contributed by atoms with Gasteiger partial charge in [-0.1, -0.05) is 24.3 Å². The van der Waals surface area contributed by atoms with Crippen molar-refractivity contribution in [3.8, 4) is 34.8 Å². The van der Waals surface area contributed by atoms with E-state index in [1.54, 1.807) is 30.5 Å². The summed E-state index contributed by atoms with van der Waals surface area (Å²) in [5.74, 6) is 1.84. The first kappa shape index (κ1) is 21.9. The maximum atomic E-state index is 12.0. The number of nitrogens with two attached hydrogens (primary N) is 1. The van der Waals surface area contributed by atoms with Crippen molar-refractivity contribution in [1.82, 2.24) is 19.5 Å². The van der Waals surface area contributed by atoms with Gasteiger partial charge >= 0.3 is 6.01 Å². The van der Waals surface area contributed by atoms with Crippen molar-refractivity contribution < 1.29 is 14.3 Å². The van der Waals surface area contributed by atoms with E-state index in [-0.39, 0.29) is 30.2 Å². The molecule has 2 aromatic heterocycles. The van der Waals surface area contributed by atoms with Crippen LogP contribution < -0.4 is 25.8 Å². The van der Waals surface area contributed by atoms with Gasteiger partial charge in [0.05, 0.1) is 6.54 Å². The zero-order valence-corrected chi connectivity index (χ0v) is 19.0. The van der Waals surface area contributed by atoms with Crippen molar-refractivity contribution in [2.75, 3.05) is 17.2 Å². The molecule has 0 atom stereocenters. The number of amides is 1. The average molecular weight is 470 g/mol. The first-order valence-corrected chi connectivity index (χ1v) is 10.7. The smallest absolute Gasteiger partial charge is 0.327 e. The van der Waals surface area contributed by atoms with Crippen LogP contribution in [0.4, 0.5) is 11.5 Å². The number of aromatic nitrogens is 4. The maximum absolute atomic E-state index is 12.0. The number of nitrogens with zero attached hydrogens (tertiary/aromatic N) is 4. The SMILES string of the molecule is Cc1ccc(C(=N)N)cc1Oc1nc(Oc2cccc(-c3nccn3C)c2)nc2c1NC(=O)CN2. The van der Waals surface area contributed by atoms with Crippen LogP contribution in [0.5, 0.6) is 23.4 Å². The Bertz CT molecular complexity index is 1460. The number of carbonyl (C=O) groups excluding carboxylic acids is 1. The number of imidazole rings is 1. The van der Waals surface area contributed by atoms with Crippen molar-refractivity contribution in [1.29, 1.82) is 5.41 Å². The second kappa shape index (κ2) is 8.78. The largest absolute Gasteiger partial charge is 0.437 e. The van der Waals surface area contributed by atoms with Gasteiger partial charge < -0.3 is 30.4 Å². The number of nitrogen functional groups attached to an aromatic ring is 1. The monoisotopic (exact) mass is 470 g/mol. The molecule has 0 spiro atoms. The van der Waals surface area contributed by atoms with Gasteiger partial charge in [-0.15, -0.1) is 0 Å². The summed E-state index contributed by atoms with van der Waals surface area (Å²) in [5.41, 5.74) is 8.09. The van der Waals surface area contributed by atoms with Crippen LogP contribution in [-0.4, -0.2) is 37.8 Å². The van der Waals surface area contributed by atoms with Gasteiger partial charge in [-0.3, -0.25) is 10.2 Å². The van der Waals surface area contributed by atoms with Crippen LogP contribution in [0.1, 0.15) is 11.1 Å². The average Bonchev–Trinajstić information content (AvgIpc) is 3.27. The number of ether oxygens (including phenoxy) is 2. The van der Waals surface area contributed by atoms with Crippen LogP contribution in [0.2, 0.25) is 0 Å². The van der Waals surface area contributed by atoms with Crippen molar-refractivity contribution in [3.63, 3.8) is 0 Å². The molecule has 35 heavy (non-hydrogen) atoms. The molecule has 11 nitrogen and oxygen atoms in total. The standard InChI is InChI=1S/C24H22N8O3/c1-13-6-7-14(20(25)26)11-17(13)35-23-19-21(28-12-18(33)29-19)30-24(31-23)34-16-5-3-4-15(10-16)22-27-8-9-32(22)2/h3-11H,12H2,1-2H3,(H3,25,26)(H,29,33)(H,28,30,31). The number of carbonyl (C=O) groups is 1. The van der Waals surface area contributed by atoms with E-state index in [1.807, 2.05) is 42.9 Å². The summed E-state index contributed by atoms with van der Waals surface area (Å²) < 4.78 is 14.0. The molecule has 2 aromatic carbocycles. The molecule has 0 unspecified atom stereocenters. The number of rotatable bonds is 6. The van der Waals surface area contributed by atoms with Gasteiger partial charge in [0.2, 0.25) is 5.91 Å². The normalized spacial score (nSPS) is 12.3.